The van der Waals surface area contributed by atoms with Crippen molar-refractivity contribution in [3.8, 4) is 0 Å². The van der Waals surface area contributed by atoms with Gasteiger partial charge in [-0.3, -0.25) is 9.36 Å². The van der Waals surface area contributed by atoms with Gasteiger partial charge in [0.2, 0.25) is 0 Å². The van der Waals surface area contributed by atoms with Crippen molar-refractivity contribution < 1.29 is 27.5 Å². The first-order valence-corrected chi connectivity index (χ1v) is 7.08. The third kappa shape index (κ3) is 3.67. The highest BCUT2D eigenvalue weighted by Gasteiger charge is 2.41. The Hall–Kier alpha value is -2.02. The van der Waals surface area contributed by atoms with E-state index in [0.29, 0.717) is 0 Å². The fourth-order valence-corrected chi connectivity index (χ4v) is 2.16. The minimum atomic E-state index is -5.04. The number of benzene rings is 1. The average Bonchev–Trinajstić information content (AvgIpc) is 2.81. The van der Waals surface area contributed by atoms with Gasteiger partial charge in [0.1, 0.15) is 0 Å². The van der Waals surface area contributed by atoms with Crippen LogP contribution in [0.1, 0.15) is 24.2 Å². The van der Waals surface area contributed by atoms with E-state index in [1.807, 2.05) is 13.8 Å². The summed E-state index contributed by atoms with van der Waals surface area (Å²) in [6.07, 6.45) is -5.08. The predicted molar refractivity (Wildman–Crippen MR) is 78.9 cm³/mol. The van der Waals surface area contributed by atoms with Crippen molar-refractivity contribution >= 4 is 34.4 Å². The van der Waals surface area contributed by atoms with E-state index in [-0.39, 0.29) is 28.5 Å². The maximum absolute atomic E-state index is 12.7. The Morgan fingerprint density at radius 2 is 1.96 bits per heavy atom. The second-order valence-electron chi connectivity index (χ2n) is 5.37. The third-order valence-electron chi connectivity index (χ3n) is 3.01. The Morgan fingerprint density at radius 1 is 1.30 bits per heavy atom. The van der Waals surface area contributed by atoms with Crippen LogP contribution in [-0.2, 0) is 4.74 Å². The maximum Gasteiger partial charge on any atom is 0.454 e. The van der Waals surface area contributed by atoms with Gasteiger partial charge in [-0.1, -0.05) is 31.5 Å². The molecule has 4 nitrogen and oxygen atoms in total. The normalized spacial score (nSPS) is 12.0. The average molecular weight is 348 g/mol. The van der Waals surface area contributed by atoms with E-state index in [9.17, 15) is 22.8 Å². The number of aromatic nitrogens is 1. The van der Waals surface area contributed by atoms with Crippen LogP contribution >= 0.6 is 11.6 Å². The molecule has 0 atom stereocenters. The summed E-state index contributed by atoms with van der Waals surface area (Å²) >= 11 is 5.83. The van der Waals surface area contributed by atoms with E-state index in [1.54, 1.807) is 0 Å². The fourth-order valence-electron chi connectivity index (χ4n) is 1.99. The summed E-state index contributed by atoms with van der Waals surface area (Å²) in [5.41, 5.74) is -0.537. The molecular formula is C15H13ClF3NO3. The van der Waals surface area contributed by atoms with E-state index in [2.05, 4.69) is 0 Å². The smallest absolute Gasteiger partial charge is 0.449 e. The van der Waals surface area contributed by atoms with E-state index in [4.69, 9.17) is 16.3 Å². The molecule has 1 heterocycles. The number of ether oxygens (including phenoxy) is 1. The number of nitrogens with zero attached hydrogens (tertiary/aromatic N) is 1. The summed E-state index contributed by atoms with van der Waals surface area (Å²) < 4.78 is 44.0. The molecule has 0 aliphatic rings. The Kier molecular flexibility index (Phi) is 4.70. The Bertz CT molecular complexity index is 765. The minimum Gasteiger partial charge on any atom is -0.449 e. The van der Waals surface area contributed by atoms with Gasteiger partial charge in [0.05, 0.1) is 17.7 Å². The summed E-state index contributed by atoms with van der Waals surface area (Å²) in [4.78, 5) is 23.6. The Labute approximate surface area is 134 Å². The van der Waals surface area contributed by atoms with Crippen LogP contribution in [0.2, 0.25) is 5.02 Å². The van der Waals surface area contributed by atoms with Crippen LogP contribution in [0.15, 0.2) is 24.4 Å². The topological polar surface area (TPSA) is 48.3 Å². The molecule has 1 aromatic carbocycles. The van der Waals surface area contributed by atoms with Gasteiger partial charge in [0.15, 0.2) is 0 Å². The van der Waals surface area contributed by atoms with Crippen molar-refractivity contribution in [1.29, 1.82) is 0 Å². The number of hydrogen-bond acceptors (Lipinski definition) is 3. The molecule has 124 valence electrons. The van der Waals surface area contributed by atoms with Crippen molar-refractivity contribution in [2.24, 2.45) is 5.92 Å². The van der Waals surface area contributed by atoms with Crippen LogP contribution < -0.4 is 0 Å². The lowest BCUT2D eigenvalue weighted by Gasteiger charge is -2.08. The second-order valence-corrected chi connectivity index (χ2v) is 5.81. The lowest BCUT2D eigenvalue weighted by Crippen LogP contribution is -2.22. The zero-order valence-electron chi connectivity index (χ0n) is 12.3. The zero-order chi connectivity index (χ0) is 17.4. The summed E-state index contributed by atoms with van der Waals surface area (Å²) in [6, 6.07) is 3.92. The van der Waals surface area contributed by atoms with Crippen molar-refractivity contribution in [2.45, 2.75) is 20.0 Å². The first-order chi connectivity index (χ1) is 10.6. The van der Waals surface area contributed by atoms with E-state index < -0.39 is 23.6 Å². The highest BCUT2D eigenvalue weighted by Crippen LogP contribution is 2.30. The van der Waals surface area contributed by atoms with Gasteiger partial charge in [0, 0.05) is 16.6 Å². The molecule has 0 saturated carbocycles. The molecule has 0 bridgehead atoms. The van der Waals surface area contributed by atoms with Gasteiger partial charge in [-0.15, -0.1) is 0 Å². The Balaban J connectivity index is 2.55. The molecule has 0 spiro atoms. The number of fused-ring (bicyclic) bond motifs is 1. The standard InChI is InChI=1S/C15H13ClF3NO3/c1-8(2)7-23-14(22)20-6-11(13(21)15(17,18)19)10-4-3-9(16)5-12(10)20/h3-6,8H,7H2,1-2H3. The van der Waals surface area contributed by atoms with Gasteiger partial charge in [-0.05, 0) is 18.1 Å². The molecule has 0 fully saturated rings. The molecule has 0 saturated heterocycles. The highest BCUT2D eigenvalue weighted by atomic mass is 35.5. The van der Waals surface area contributed by atoms with Crippen LogP contribution in [0.25, 0.3) is 10.9 Å². The molecule has 0 aliphatic carbocycles. The maximum atomic E-state index is 12.7. The van der Waals surface area contributed by atoms with Gasteiger partial charge >= 0.3 is 12.3 Å². The minimum absolute atomic E-state index is 0.0155. The summed E-state index contributed by atoms with van der Waals surface area (Å²) in [5, 5.41) is 0.206. The fraction of sp³-hybridized carbons (Fsp3) is 0.333. The second kappa shape index (κ2) is 6.23. The largest absolute Gasteiger partial charge is 0.454 e. The van der Waals surface area contributed by atoms with Crippen LogP contribution in [-0.4, -0.2) is 29.2 Å². The molecule has 0 radical (unpaired) electrons. The number of ketones is 1. The van der Waals surface area contributed by atoms with Crippen molar-refractivity contribution in [1.82, 2.24) is 4.57 Å². The molecule has 1 aromatic heterocycles. The number of hydrogen-bond donors (Lipinski definition) is 0. The Morgan fingerprint density at radius 3 is 2.52 bits per heavy atom. The molecule has 2 rings (SSSR count). The summed E-state index contributed by atoms with van der Waals surface area (Å²) in [5.74, 6) is -1.97. The first-order valence-electron chi connectivity index (χ1n) is 6.70. The number of carbonyl (C=O) groups excluding carboxylic acids is 2. The van der Waals surface area contributed by atoms with Crippen LogP contribution in [0.5, 0.6) is 0 Å². The van der Waals surface area contributed by atoms with E-state index in [1.165, 1.54) is 18.2 Å². The lowest BCUT2D eigenvalue weighted by atomic mass is 10.1. The third-order valence-corrected chi connectivity index (χ3v) is 3.24. The summed E-state index contributed by atoms with van der Waals surface area (Å²) in [7, 11) is 0. The van der Waals surface area contributed by atoms with Crippen molar-refractivity contribution in [2.75, 3.05) is 6.61 Å². The predicted octanol–water partition coefficient (Wildman–Crippen LogP) is 4.68. The lowest BCUT2D eigenvalue weighted by molar-refractivity contribution is -0.0884. The molecule has 0 N–H and O–H groups in total. The number of alkyl halides is 3. The van der Waals surface area contributed by atoms with Gasteiger partial charge in [-0.2, -0.15) is 13.2 Å². The SMILES string of the molecule is CC(C)COC(=O)n1cc(C(=O)C(F)(F)F)c2ccc(Cl)cc21. The van der Waals surface area contributed by atoms with Crippen molar-refractivity contribution in [3.05, 3.63) is 35.0 Å². The van der Waals surface area contributed by atoms with Crippen molar-refractivity contribution in [3.63, 3.8) is 0 Å². The molecule has 0 amide bonds. The first kappa shape index (κ1) is 17.3. The van der Waals surface area contributed by atoms with Crippen LogP contribution in [0, 0.1) is 5.92 Å². The van der Waals surface area contributed by atoms with Crippen LogP contribution in [0.3, 0.4) is 0 Å². The van der Waals surface area contributed by atoms with E-state index in [0.717, 1.165) is 10.8 Å². The highest BCUT2D eigenvalue weighted by molar-refractivity contribution is 6.31. The van der Waals surface area contributed by atoms with Gasteiger partial charge < -0.3 is 4.74 Å². The molecule has 2 aromatic rings. The monoisotopic (exact) mass is 347 g/mol. The molecule has 0 unspecified atom stereocenters. The molecule has 23 heavy (non-hydrogen) atoms. The number of Topliss-reactive ketones (excluding diaryl/α,β-unsaturated/α-hetero) is 1. The quantitative estimate of drug-likeness (QED) is 0.757. The number of halogens is 4. The van der Waals surface area contributed by atoms with Gasteiger partial charge in [-0.25, -0.2) is 4.79 Å². The summed E-state index contributed by atoms with van der Waals surface area (Å²) in [6.45, 7) is 3.73. The number of rotatable bonds is 3. The number of carbonyl (C=O) groups is 2. The molecular weight excluding hydrogens is 335 g/mol. The molecule has 0 aliphatic heterocycles. The van der Waals surface area contributed by atoms with Gasteiger partial charge in [0.25, 0.3) is 5.78 Å². The zero-order valence-corrected chi connectivity index (χ0v) is 13.0. The van der Waals surface area contributed by atoms with E-state index >= 15 is 0 Å². The van der Waals surface area contributed by atoms with Crippen LogP contribution in [0.4, 0.5) is 18.0 Å². The molecule has 8 heteroatoms.